The molecule has 0 fully saturated rings. The van der Waals surface area contributed by atoms with Crippen LogP contribution in [0.25, 0.3) is 10.8 Å². The Labute approximate surface area is 158 Å². The van der Waals surface area contributed by atoms with E-state index in [4.69, 9.17) is 8.85 Å². The van der Waals surface area contributed by atoms with E-state index >= 15 is 0 Å². The molecule has 0 aliphatic rings. The van der Waals surface area contributed by atoms with E-state index in [0.29, 0.717) is 0 Å². The Balaban J connectivity index is 2.42. The summed E-state index contributed by atoms with van der Waals surface area (Å²) < 4.78 is 12.3. The number of hydrogen-bond donors (Lipinski definition) is 0. The van der Waals surface area contributed by atoms with Crippen LogP contribution < -0.4 is 8.85 Å². The second-order valence-corrected chi connectivity index (χ2v) is 12.1. The van der Waals surface area contributed by atoms with Gasteiger partial charge in [-0.3, -0.25) is 0 Å². The molecule has 0 saturated heterocycles. The van der Waals surface area contributed by atoms with Crippen molar-refractivity contribution in [2.75, 3.05) is 0 Å². The van der Waals surface area contributed by atoms with Crippen molar-refractivity contribution in [3.05, 3.63) is 110 Å². The van der Waals surface area contributed by atoms with Gasteiger partial charge in [-0.15, -0.1) is 39.5 Å². The zero-order valence-corrected chi connectivity index (χ0v) is 17.0. The first kappa shape index (κ1) is 19.5. The summed E-state index contributed by atoms with van der Waals surface area (Å²) in [6.45, 7) is 23.2. The highest BCUT2D eigenvalue weighted by Crippen LogP contribution is 2.28. The molecule has 0 spiro atoms. The lowest BCUT2D eigenvalue weighted by Crippen LogP contribution is -2.35. The van der Waals surface area contributed by atoms with E-state index in [1.54, 1.807) is 34.2 Å². The first-order valence-corrected chi connectivity index (χ1v) is 12.5. The lowest BCUT2D eigenvalue weighted by Gasteiger charge is -2.23. The number of benzene rings is 2. The normalized spacial score (nSPS) is 11.2. The maximum Gasteiger partial charge on any atom is 0.323 e. The van der Waals surface area contributed by atoms with E-state index in [-0.39, 0.29) is 0 Å². The summed E-state index contributed by atoms with van der Waals surface area (Å²) in [6.07, 6.45) is 0. The van der Waals surface area contributed by atoms with Crippen LogP contribution in [-0.4, -0.2) is 16.6 Å². The van der Waals surface area contributed by atoms with Gasteiger partial charge in [0.05, 0.1) is 0 Å². The van der Waals surface area contributed by atoms with E-state index in [1.165, 1.54) is 0 Å². The average molecular weight is 377 g/mol. The van der Waals surface area contributed by atoms with E-state index < -0.39 is 16.6 Å². The molecule has 0 N–H and O–H groups in total. The largest absolute Gasteiger partial charge is 0.532 e. The zero-order valence-electron chi connectivity index (χ0n) is 15.0. The first-order chi connectivity index (χ1) is 12.5. The smallest absolute Gasteiger partial charge is 0.323 e. The highest BCUT2D eigenvalue weighted by molar-refractivity contribution is 6.88. The predicted molar refractivity (Wildman–Crippen MR) is 118 cm³/mol. The molecule has 0 unspecified atom stereocenters. The molecule has 2 nitrogen and oxygen atoms in total. The van der Waals surface area contributed by atoms with Gasteiger partial charge < -0.3 is 8.85 Å². The summed E-state index contributed by atoms with van der Waals surface area (Å²) in [4.78, 5) is 0. The Morgan fingerprint density at radius 1 is 0.538 bits per heavy atom. The fourth-order valence-electron chi connectivity index (χ4n) is 2.49. The molecule has 0 amide bonds. The topological polar surface area (TPSA) is 18.5 Å². The molecular weight excluding hydrogens is 352 g/mol. The lowest BCUT2D eigenvalue weighted by molar-refractivity contribution is 0.573. The van der Waals surface area contributed by atoms with Crippen molar-refractivity contribution >= 4 is 27.4 Å². The van der Waals surface area contributed by atoms with Gasteiger partial charge in [0.2, 0.25) is 0 Å². The van der Waals surface area contributed by atoms with Crippen LogP contribution in [0.4, 0.5) is 0 Å². The maximum absolute atomic E-state index is 6.17. The van der Waals surface area contributed by atoms with Crippen LogP contribution in [0.5, 0.6) is 11.5 Å². The predicted octanol–water partition coefficient (Wildman–Crippen LogP) is 5.84. The second kappa shape index (κ2) is 8.04. The summed E-state index contributed by atoms with van der Waals surface area (Å²) >= 11 is 0. The van der Waals surface area contributed by atoms with Crippen molar-refractivity contribution in [3.63, 3.8) is 0 Å². The van der Waals surface area contributed by atoms with Gasteiger partial charge in [-0.05, 0) is 35.0 Å². The quantitative estimate of drug-likeness (QED) is 0.485. The molecule has 2 rings (SSSR count). The molecule has 0 radical (unpaired) electrons. The third-order valence-electron chi connectivity index (χ3n) is 4.29. The van der Waals surface area contributed by atoms with Crippen molar-refractivity contribution in [2.24, 2.45) is 0 Å². The first-order valence-electron chi connectivity index (χ1n) is 8.22. The molecule has 2 aromatic rings. The molecule has 26 heavy (non-hydrogen) atoms. The molecule has 0 aromatic heterocycles. The Morgan fingerprint density at radius 2 is 0.885 bits per heavy atom. The number of hydrogen-bond acceptors (Lipinski definition) is 2. The standard InChI is InChI=1S/C22H24O2Si2/c1-7-25(8-2,9-3)23-21-15-13-19-14-16-22(18-20(19)17-21)24-26(10-4,11-5)12-6/h7-18H,1-6H2. The van der Waals surface area contributed by atoms with Crippen molar-refractivity contribution in [1.29, 1.82) is 0 Å². The Kier molecular flexibility index (Phi) is 6.03. The molecule has 0 bridgehead atoms. The third-order valence-corrected chi connectivity index (χ3v) is 9.29. The second-order valence-electron chi connectivity index (χ2n) is 5.81. The van der Waals surface area contributed by atoms with Crippen LogP contribution in [0, 0.1) is 0 Å². The molecule has 0 aliphatic heterocycles. The van der Waals surface area contributed by atoms with Gasteiger partial charge in [-0.1, -0.05) is 46.3 Å². The molecule has 2 aromatic carbocycles. The minimum absolute atomic E-state index is 0.751. The van der Waals surface area contributed by atoms with Crippen LogP contribution in [-0.2, 0) is 0 Å². The van der Waals surface area contributed by atoms with Crippen molar-refractivity contribution < 1.29 is 8.85 Å². The molecular formula is C22H24O2Si2. The highest BCUT2D eigenvalue weighted by Gasteiger charge is 2.27. The van der Waals surface area contributed by atoms with Crippen LogP contribution in [0.15, 0.2) is 110 Å². The Hall–Kier alpha value is -2.83. The van der Waals surface area contributed by atoms with Gasteiger partial charge in [0.25, 0.3) is 0 Å². The summed E-state index contributed by atoms with van der Waals surface area (Å²) in [7, 11) is -4.77. The summed E-state index contributed by atoms with van der Waals surface area (Å²) in [5, 5.41) is 2.11. The SMILES string of the molecule is C=C[Si](C=C)(C=C)Oc1ccc2ccc(O[Si](C=C)(C=C)C=C)cc2c1. The van der Waals surface area contributed by atoms with Crippen LogP contribution in [0.1, 0.15) is 0 Å². The third kappa shape index (κ3) is 3.87. The van der Waals surface area contributed by atoms with Crippen molar-refractivity contribution in [1.82, 2.24) is 0 Å². The number of rotatable bonds is 10. The fraction of sp³-hybridized carbons (Fsp3) is 0. The highest BCUT2D eigenvalue weighted by atomic mass is 28.4. The van der Waals surface area contributed by atoms with Crippen LogP contribution in [0.2, 0.25) is 0 Å². The number of fused-ring (bicyclic) bond motifs is 1. The Bertz CT molecular complexity index is 771. The van der Waals surface area contributed by atoms with Gasteiger partial charge >= 0.3 is 16.6 Å². The minimum Gasteiger partial charge on any atom is -0.532 e. The summed E-state index contributed by atoms with van der Waals surface area (Å²) in [5.74, 6) is 1.50. The molecule has 132 valence electrons. The van der Waals surface area contributed by atoms with Crippen LogP contribution in [0.3, 0.4) is 0 Å². The summed E-state index contributed by atoms with van der Waals surface area (Å²) in [5.41, 5.74) is 10.8. The lowest BCUT2D eigenvalue weighted by atomic mass is 10.1. The maximum atomic E-state index is 6.17. The fourth-order valence-corrected chi connectivity index (χ4v) is 5.06. The van der Waals surface area contributed by atoms with Gasteiger partial charge in [-0.2, -0.15) is 0 Å². The van der Waals surface area contributed by atoms with Crippen LogP contribution >= 0.6 is 0 Å². The molecule has 0 heterocycles. The molecule has 0 atom stereocenters. The zero-order chi connectivity index (χ0) is 19.2. The molecule has 4 heteroatoms. The monoisotopic (exact) mass is 376 g/mol. The van der Waals surface area contributed by atoms with Gasteiger partial charge in [-0.25, -0.2) is 0 Å². The van der Waals surface area contributed by atoms with E-state index in [0.717, 1.165) is 22.3 Å². The van der Waals surface area contributed by atoms with Gasteiger partial charge in [0.15, 0.2) is 0 Å². The summed E-state index contributed by atoms with van der Waals surface area (Å²) in [6, 6.07) is 11.9. The van der Waals surface area contributed by atoms with Crippen molar-refractivity contribution in [3.8, 4) is 11.5 Å². The van der Waals surface area contributed by atoms with Gasteiger partial charge in [0, 0.05) is 0 Å². The Morgan fingerprint density at radius 3 is 1.19 bits per heavy atom. The van der Waals surface area contributed by atoms with E-state index in [9.17, 15) is 0 Å². The van der Waals surface area contributed by atoms with E-state index in [1.807, 2.05) is 36.4 Å². The van der Waals surface area contributed by atoms with Gasteiger partial charge in [0.1, 0.15) is 11.5 Å². The minimum atomic E-state index is -2.39. The molecule has 0 saturated carbocycles. The van der Waals surface area contributed by atoms with E-state index in [2.05, 4.69) is 39.5 Å². The average Bonchev–Trinajstić information content (AvgIpc) is 2.70. The molecule has 0 aliphatic carbocycles. The van der Waals surface area contributed by atoms with Crippen molar-refractivity contribution in [2.45, 2.75) is 0 Å².